The van der Waals surface area contributed by atoms with Gasteiger partial charge in [-0.2, -0.15) is 10.1 Å². The highest BCUT2D eigenvalue weighted by molar-refractivity contribution is 7.21. The lowest BCUT2D eigenvalue weighted by Gasteiger charge is -2.18. The Balaban J connectivity index is 1.36. The number of hydrogen-bond donors (Lipinski definition) is 1. The second-order valence-electron chi connectivity index (χ2n) is 9.94. The van der Waals surface area contributed by atoms with Crippen LogP contribution in [0.4, 0.5) is 22.7 Å². The fraction of sp³-hybridized carbons (Fsp3) is 0.267. The fourth-order valence-corrected chi connectivity index (χ4v) is 5.36. The van der Waals surface area contributed by atoms with Crippen LogP contribution in [0.25, 0.3) is 32.9 Å². The lowest BCUT2D eigenvalue weighted by Crippen LogP contribution is -2.13. The van der Waals surface area contributed by atoms with Gasteiger partial charge in [-0.25, -0.2) is 27.5 Å². The molecule has 0 spiro atoms. The van der Waals surface area contributed by atoms with Crippen LogP contribution in [0.1, 0.15) is 47.4 Å². The van der Waals surface area contributed by atoms with Gasteiger partial charge in [0, 0.05) is 28.8 Å². The number of rotatable bonds is 8. The minimum absolute atomic E-state index is 0.109. The molecule has 4 aromatic heterocycles. The minimum Gasteiger partial charge on any atom is -0.494 e. The molecule has 1 aliphatic carbocycles. The van der Waals surface area contributed by atoms with Crippen molar-refractivity contribution < 1.29 is 27.1 Å². The van der Waals surface area contributed by atoms with Crippen LogP contribution in [0.3, 0.4) is 0 Å². The highest BCUT2D eigenvalue weighted by Gasteiger charge is 2.22. The van der Waals surface area contributed by atoms with Crippen LogP contribution in [-0.2, 0) is 6.54 Å². The zero-order chi connectivity index (χ0) is 30.8. The topological polar surface area (TPSA) is 108 Å². The average molecular weight is 622 g/mol. The van der Waals surface area contributed by atoms with Crippen molar-refractivity contribution in [3.8, 4) is 40.0 Å². The Kier molecular flexibility index (Phi) is 8.21. The molecular formula is C30H23F4N7O2S. The summed E-state index contributed by atoms with van der Waals surface area (Å²) in [4.78, 5) is 31.1. The lowest BCUT2D eigenvalue weighted by atomic mass is 9.86. The van der Waals surface area contributed by atoms with Gasteiger partial charge in [-0.05, 0) is 48.6 Å². The Morgan fingerprint density at radius 3 is 2.68 bits per heavy atom. The van der Waals surface area contributed by atoms with Gasteiger partial charge in [-0.3, -0.25) is 19.8 Å². The van der Waals surface area contributed by atoms with Crippen LogP contribution in [0.2, 0.25) is 0 Å². The fourth-order valence-electron chi connectivity index (χ4n) is 4.56. The molecule has 1 aliphatic rings. The van der Waals surface area contributed by atoms with Crippen molar-refractivity contribution in [2.75, 3.05) is 12.4 Å². The highest BCUT2D eigenvalue weighted by atomic mass is 32.1. The molecule has 1 amide bonds. The van der Waals surface area contributed by atoms with Crippen LogP contribution in [-0.4, -0.2) is 49.2 Å². The van der Waals surface area contributed by atoms with Crippen molar-refractivity contribution in [1.29, 1.82) is 0 Å². The van der Waals surface area contributed by atoms with Gasteiger partial charge in [0.05, 0.1) is 25.2 Å². The molecule has 5 aromatic rings. The average Bonchev–Trinajstić information content (AvgIpc) is 3.61. The summed E-state index contributed by atoms with van der Waals surface area (Å²) in [6, 6.07) is 7.33. The van der Waals surface area contributed by atoms with Crippen molar-refractivity contribution in [3.05, 3.63) is 65.9 Å². The molecule has 0 saturated heterocycles. The van der Waals surface area contributed by atoms with Crippen molar-refractivity contribution in [1.82, 2.24) is 29.7 Å². The zero-order valence-electron chi connectivity index (χ0n) is 23.1. The van der Waals surface area contributed by atoms with Crippen molar-refractivity contribution in [3.63, 3.8) is 0 Å². The number of anilines is 1. The van der Waals surface area contributed by atoms with E-state index in [1.165, 1.54) is 32.0 Å². The molecule has 0 unspecified atom stereocenters. The summed E-state index contributed by atoms with van der Waals surface area (Å²) in [5.74, 6) is 6.18. The largest absolute Gasteiger partial charge is 0.494 e. The summed E-state index contributed by atoms with van der Waals surface area (Å²) in [7, 11) is 1.35. The number of methoxy groups -OCH3 is 1. The van der Waals surface area contributed by atoms with Gasteiger partial charge in [0.25, 0.3) is 18.8 Å². The molecule has 44 heavy (non-hydrogen) atoms. The van der Waals surface area contributed by atoms with Gasteiger partial charge in [0.1, 0.15) is 23.7 Å². The van der Waals surface area contributed by atoms with Crippen molar-refractivity contribution in [2.45, 2.75) is 38.7 Å². The number of carbonyl (C=O) groups is 1. The maximum absolute atomic E-state index is 13.7. The number of carbonyl (C=O) groups excluding carboxylic acids is 1. The maximum Gasteiger partial charge on any atom is 0.280 e. The van der Waals surface area contributed by atoms with Gasteiger partial charge in [0.2, 0.25) is 0 Å². The summed E-state index contributed by atoms with van der Waals surface area (Å²) < 4.78 is 59.6. The third-order valence-corrected chi connectivity index (χ3v) is 7.86. The first-order valence-electron chi connectivity index (χ1n) is 13.5. The van der Waals surface area contributed by atoms with E-state index in [4.69, 9.17) is 4.74 Å². The van der Waals surface area contributed by atoms with Crippen LogP contribution < -0.4 is 10.1 Å². The number of thiazole rings is 1. The van der Waals surface area contributed by atoms with Gasteiger partial charge in [0.15, 0.2) is 15.6 Å². The number of hydrogen-bond acceptors (Lipinski definition) is 8. The smallest absolute Gasteiger partial charge is 0.280 e. The van der Waals surface area contributed by atoms with E-state index in [0.717, 1.165) is 41.1 Å². The first kappa shape index (κ1) is 29.2. The molecule has 14 heteroatoms. The molecule has 0 bridgehead atoms. The number of fused-ring (bicyclic) bond motifs is 1. The number of ether oxygens (including phenoxy) is 1. The summed E-state index contributed by atoms with van der Waals surface area (Å²) in [6.45, 7) is -0.594. The molecule has 4 heterocycles. The van der Waals surface area contributed by atoms with E-state index in [0.29, 0.717) is 33.3 Å². The first-order chi connectivity index (χ1) is 21.3. The number of pyridine rings is 1. The van der Waals surface area contributed by atoms with Crippen molar-refractivity contribution in [2.24, 2.45) is 5.92 Å². The van der Waals surface area contributed by atoms with E-state index in [-0.39, 0.29) is 27.6 Å². The standard InChI is InChI=1S/C30H23F4N7O2S/c1-43-24-14-35-23(26(33)34)12-21(24)20-11-17(22-9-10-41(40-22)15-25(31)32)6-8-19(20)28(42)39-30-38-27-29(44-30)37-18(13-36-27)7-5-16-3-2-4-16/h6,8-14,16,25-26H,2-4,15H2,1H3,(H,36,38,39,42). The van der Waals surface area contributed by atoms with E-state index in [1.807, 2.05) is 0 Å². The maximum atomic E-state index is 13.7. The number of aromatic nitrogens is 6. The monoisotopic (exact) mass is 621 g/mol. The van der Waals surface area contributed by atoms with Gasteiger partial charge >= 0.3 is 0 Å². The number of alkyl halides is 4. The predicted molar refractivity (Wildman–Crippen MR) is 156 cm³/mol. The molecule has 6 rings (SSSR count). The molecule has 0 radical (unpaired) electrons. The Morgan fingerprint density at radius 2 is 1.95 bits per heavy atom. The van der Waals surface area contributed by atoms with E-state index in [9.17, 15) is 22.4 Å². The second kappa shape index (κ2) is 12.4. The van der Waals surface area contributed by atoms with Crippen LogP contribution >= 0.6 is 11.3 Å². The van der Waals surface area contributed by atoms with Gasteiger partial charge < -0.3 is 4.74 Å². The number of amides is 1. The number of nitrogens with one attached hydrogen (secondary N) is 1. The molecule has 0 aliphatic heterocycles. The normalized spacial score (nSPS) is 13.2. The van der Waals surface area contributed by atoms with E-state index in [1.54, 1.807) is 18.2 Å². The summed E-state index contributed by atoms with van der Waals surface area (Å²) in [5, 5.41) is 7.17. The lowest BCUT2D eigenvalue weighted by molar-refractivity contribution is 0.102. The molecule has 1 aromatic carbocycles. The van der Waals surface area contributed by atoms with E-state index < -0.39 is 31.0 Å². The summed E-state index contributed by atoms with van der Waals surface area (Å²) in [5.41, 5.74) is 1.67. The molecule has 1 N–H and O–H groups in total. The van der Waals surface area contributed by atoms with Crippen LogP contribution in [0, 0.1) is 17.8 Å². The first-order valence-corrected chi connectivity index (χ1v) is 14.3. The van der Waals surface area contributed by atoms with E-state index in [2.05, 4.69) is 42.2 Å². The second-order valence-corrected chi connectivity index (χ2v) is 10.9. The quantitative estimate of drug-likeness (QED) is 0.153. The Morgan fingerprint density at radius 1 is 1.11 bits per heavy atom. The van der Waals surface area contributed by atoms with Crippen LogP contribution in [0.15, 0.2) is 48.9 Å². The molecule has 1 fully saturated rings. The van der Waals surface area contributed by atoms with Crippen molar-refractivity contribution >= 4 is 32.9 Å². The van der Waals surface area contributed by atoms with Gasteiger partial charge in [-0.15, -0.1) is 0 Å². The molecule has 0 atom stereocenters. The molecular weight excluding hydrogens is 598 g/mol. The SMILES string of the molecule is COc1cnc(C(F)F)cc1-c1cc(-c2ccn(CC(F)F)n2)ccc1C(=O)Nc1nc2ncc(C#CC3CCC3)nc2s1. The Hall–Kier alpha value is -4.90. The number of benzene rings is 1. The van der Waals surface area contributed by atoms with E-state index >= 15 is 0 Å². The number of nitrogens with zero attached hydrogens (tertiary/aromatic N) is 6. The molecule has 1 saturated carbocycles. The predicted octanol–water partition coefficient (Wildman–Crippen LogP) is 6.63. The summed E-state index contributed by atoms with van der Waals surface area (Å²) in [6.07, 6.45) is 1.96. The van der Waals surface area contributed by atoms with Gasteiger partial charge in [-0.1, -0.05) is 29.7 Å². The molecule has 9 nitrogen and oxygen atoms in total. The minimum atomic E-state index is -2.88. The number of halogens is 4. The van der Waals surface area contributed by atoms with Crippen LogP contribution in [0.5, 0.6) is 5.75 Å². The third kappa shape index (κ3) is 6.23. The zero-order valence-corrected chi connectivity index (χ0v) is 23.9. The Labute approximate surface area is 252 Å². The third-order valence-electron chi connectivity index (χ3n) is 7.00. The highest BCUT2D eigenvalue weighted by Crippen LogP contribution is 2.37. The Bertz CT molecular complexity index is 1910. The summed E-state index contributed by atoms with van der Waals surface area (Å²) >= 11 is 1.12. The molecule has 224 valence electrons.